The normalized spacial score (nSPS) is 10.3. The summed E-state index contributed by atoms with van der Waals surface area (Å²) in [5, 5.41) is 0. The topological polar surface area (TPSA) is 22.0 Å². The quantitative estimate of drug-likeness (QED) is 0.691. The Balaban J connectivity index is 2.64. The second-order valence-corrected chi connectivity index (χ2v) is 3.68. The third-order valence-corrected chi connectivity index (χ3v) is 2.44. The summed E-state index contributed by atoms with van der Waals surface area (Å²) in [6.45, 7) is 3.96. The minimum atomic E-state index is 0.0128. The molecule has 0 spiro atoms. The highest BCUT2D eigenvalue weighted by atomic mass is 16.1. The van der Waals surface area contributed by atoms with Crippen LogP contribution in [-0.4, -0.2) is 4.57 Å². The van der Waals surface area contributed by atoms with Crippen LogP contribution >= 0.6 is 0 Å². The van der Waals surface area contributed by atoms with Crippen molar-refractivity contribution < 1.29 is 0 Å². The third-order valence-electron chi connectivity index (χ3n) is 2.44. The van der Waals surface area contributed by atoms with Crippen molar-refractivity contribution >= 4 is 0 Å². The van der Waals surface area contributed by atoms with Gasteiger partial charge in [0.2, 0.25) is 0 Å². The zero-order valence-electron chi connectivity index (χ0n) is 8.90. The van der Waals surface area contributed by atoms with Crippen molar-refractivity contribution in [3.63, 3.8) is 0 Å². The summed E-state index contributed by atoms with van der Waals surface area (Å²) in [4.78, 5) is 11.7. The molecule has 2 aromatic rings. The van der Waals surface area contributed by atoms with E-state index in [4.69, 9.17) is 0 Å². The molecular formula is C13H13NO. The van der Waals surface area contributed by atoms with Crippen molar-refractivity contribution in [2.24, 2.45) is 0 Å². The molecule has 15 heavy (non-hydrogen) atoms. The summed E-state index contributed by atoms with van der Waals surface area (Å²) >= 11 is 0. The highest BCUT2D eigenvalue weighted by Gasteiger charge is 2.01. The van der Waals surface area contributed by atoms with Gasteiger partial charge in [-0.1, -0.05) is 23.8 Å². The predicted molar refractivity (Wildman–Crippen MR) is 61.5 cm³/mol. The van der Waals surface area contributed by atoms with Crippen LogP contribution in [0.25, 0.3) is 5.69 Å². The first kappa shape index (κ1) is 9.71. The highest BCUT2D eigenvalue weighted by Crippen LogP contribution is 2.09. The third kappa shape index (κ3) is 1.84. The minimum absolute atomic E-state index is 0.0128. The van der Waals surface area contributed by atoms with Crippen LogP contribution in [0.3, 0.4) is 0 Å². The number of aromatic nitrogens is 1. The van der Waals surface area contributed by atoms with Crippen molar-refractivity contribution in [2.75, 3.05) is 0 Å². The fraction of sp³-hybridized carbons (Fsp3) is 0.154. The van der Waals surface area contributed by atoms with Gasteiger partial charge in [-0.15, -0.1) is 0 Å². The average Bonchev–Trinajstić information content (AvgIpc) is 2.20. The molecule has 1 heterocycles. The number of aryl methyl sites for hydroxylation is 2. The Morgan fingerprint density at radius 1 is 0.933 bits per heavy atom. The molecule has 1 aromatic heterocycles. The van der Waals surface area contributed by atoms with E-state index in [2.05, 4.69) is 0 Å². The first-order chi connectivity index (χ1) is 7.18. The van der Waals surface area contributed by atoms with E-state index in [1.54, 1.807) is 16.7 Å². The van der Waals surface area contributed by atoms with Crippen molar-refractivity contribution in [2.45, 2.75) is 13.8 Å². The minimum Gasteiger partial charge on any atom is -0.282 e. The molecule has 2 heteroatoms. The van der Waals surface area contributed by atoms with E-state index in [9.17, 15) is 4.79 Å². The summed E-state index contributed by atoms with van der Waals surface area (Å²) in [5.41, 5.74) is 3.08. The van der Waals surface area contributed by atoms with Crippen LogP contribution < -0.4 is 5.56 Å². The Morgan fingerprint density at radius 3 is 2.20 bits per heavy atom. The van der Waals surface area contributed by atoms with Crippen LogP contribution in [0, 0.1) is 13.8 Å². The van der Waals surface area contributed by atoms with Crippen molar-refractivity contribution in [1.82, 2.24) is 4.57 Å². The fourth-order valence-corrected chi connectivity index (χ4v) is 1.62. The molecule has 2 rings (SSSR count). The molecule has 2 nitrogen and oxygen atoms in total. The van der Waals surface area contributed by atoms with Crippen LogP contribution in [0.1, 0.15) is 11.3 Å². The van der Waals surface area contributed by atoms with Gasteiger partial charge in [0, 0.05) is 17.4 Å². The van der Waals surface area contributed by atoms with Gasteiger partial charge in [0.15, 0.2) is 0 Å². The van der Waals surface area contributed by atoms with Crippen LogP contribution in [0.5, 0.6) is 0 Å². The molecule has 0 aliphatic rings. The Hall–Kier alpha value is -1.83. The summed E-state index contributed by atoms with van der Waals surface area (Å²) in [6, 6.07) is 13.2. The van der Waals surface area contributed by atoms with Gasteiger partial charge < -0.3 is 0 Å². The lowest BCUT2D eigenvalue weighted by atomic mass is 10.2. The van der Waals surface area contributed by atoms with Crippen molar-refractivity contribution in [3.05, 3.63) is 64.1 Å². The van der Waals surface area contributed by atoms with Crippen LogP contribution in [0.4, 0.5) is 0 Å². The van der Waals surface area contributed by atoms with Gasteiger partial charge in [0.1, 0.15) is 0 Å². The van der Waals surface area contributed by atoms with Crippen LogP contribution in [0.2, 0.25) is 0 Å². The zero-order chi connectivity index (χ0) is 10.8. The van der Waals surface area contributed by atoms with Crippen LogP contribution in [-0.2, 0) is 0 Å². The van der Waals surface area contributed by atoms with Gasteiger partial charge in [-0.3, -0.25) is 9.36 Å². The Morgan fingerprint density at radius 2 is 1.60 bits per heavy atom. The molecule has 1 aromatic carbocycles. The van der Waals surface area contributed by atoms with E-state index in [-0.39, 0.29) is 5.56 Å². The van der Waals surface area contributed by atoms with Crippen LogP contribution in [0.15, 0.2) is 47.3 Å². The lowest BCUT2D eigenvalue weighted by molar-refractivity contribution is 0.934. The van der Waals surface area contributed by atoms with Gasteiger partial charge in [0.05, 0.1) is 0 Å². The smallest absolute Gasteiger partial charge is 0.255 e. The number of nitrogens with zero attached hydrogens (tertiary/aromatic N) is 1. The largest absolute Gasteiger partial charge is 0.282 e. The molecule has 0 unspecified atom stereocenters. The monoisotopic (exact) mass is 199 g/mol. The summed E-state index contributed by atoms with van der Waals surface area (Å²) < 4.78 is 1.71. The molecule has 0 saturated heterocycles. The van der Waals surface area contributed by atoms with E-state index >= 15 is 0 Å². The summed E-state index contributed by atoms with van der Waals surface area (Å²) in [7, 11) is 0. The number of rotatable bonds is 1. The van der Waals surface area contributed by atoms with E-state index in [0.717, 1.165) is 11.4 Å². The molecule has 0 N–H and O–H groups in total. The second-order valence-electron chi connectivity index (χ2n) is 3.68. The molecule has 76 valence electrons. The van der Waals surface area contributed by atoms with Crippen molar-refractivity contribution in [3.8, 4) is 5.69 Å². The van der Waals surface area contributed by atoms with Gasteiger partial charge in [-0.05, 0) is 32.0 Å². The predicted octanol–water partition coefficient (Wildman–Crippen LogP) is 2.45. The first-order valence-corrected chi connectivity index (χ1v) is 4.94. The van der Waals surface area contributed by atoms with Gasteiger partial charge in [0.25, 0.3) is 5.56 Å². The molecule has 0 bridgehead atoms. The first-order valence-electron chi connectivity index (χ1n) is 4.94. The molecular weight excluding hydrogens is 186 g/mol. The standard InChI is InChI=1S/C13H13NO/c1-10-6-8-12(9-7-10)14-11(2)4-3-5-13(14)15/h3-9H,1-2H3. The van der Waals surface area contributed by atoms with E-state index in [1.807, 2.05) is 44.2 Å². The molecule has 0 amide bonds. The van der Waals surface area contributed by atoms with Gasteiger partial charge in [-0.2, -0.15) is 0 Å². The van der Waals surface area contributed by atoms with E-state index in [1.165, 1.54) is 5.56 Å². The van der Waals surface area contributed by atoms with Crippen molar-refractivity contribution in [1.29, 1.82) is 0 Å². The van der Waals surface area contributed by atoms with Gasteiger partial charge >= 0.3 is 0 Å². The molecule has 0 saturated carbocycles. The number of benzene rings is 1. The number of hydrogen-bond acceptors (Lipinski definition) is 1. The maximum atomic E-state index is 11.7. The maximum absolute atomic E-state index is 11.7. The number of pyridine rings is 1. The maximum Gasteiger partial charge on any atom is 0.255 e. The molecule has 0 radical (unpaired) electrons. The van der Waals surface area contributed by atoms with E-state index in [0.29, 0.717) is 0 Å². The zero-order valence-corrected chi connectivity index (χ0v) is 8.90. The lowest BCUT2D eigenvalue weighted by Gasteiger charge is -2.09. The number of hydrogen-bond donors (Lipinski definition) is 0. The Labute approximate surface area is 88.8 Å². The lowest BCUT2D eigenvalue weighted by Crippen LogP contribution is -2.18. The molecule has 0 fully saturated rings. The second kappa shape index (κ2) is 3.73. The Kier molecular flexibility index (Phi) is 2.42. The molecule has 0 aliphatic carbocycles. The highest BCUT2D eigenvalue weighted by molar-refractivity contribution is 5.36. The fourth-order valence-electron chi connectivity index (χ4n) is 1.62. The molecule has 0 aliphatic heterocycles. The Bertz CT molecular complexity index is 523. The SMILES string of the molecule is Cc1ccc(-n2c(C)cccc2=O)cc1. The van der Waals surface area contributed by atoms with Gasteiger partial charge in [-0.25, -0.2) is 0 Å². The summed E-state index contributed by atoms with van der Waals surface area (Å²) in [6.07, 6.45) is 0. The average molecular weight is 199 g/mol. The van der Waals surface area contributed by atoms with E-state index < -0.39 is 0 Å². The molecule has 0 atom stereocenters. The summed E-state index contributed by atoms with van der Waals surface area (Å²) in [5.74, 6) is 0.